The molecule has 0 fully saturated rings. The van der Waals surface area contributed by atoms with Crippen molar-refractivity contribution >= 4 is 18.4 Å². The van der Waals surface area contributed by atoms with E-state index in [1.165, 1.54) is 0 Å². The topological polar surface area (TPSA) is 63.3 Å². The van der Waals surface area contributed by atoms with Gasteiger partial charge in [-0.15, -0.1) is 12.4 Å². The van der Waals surface area contributed by atoms with Crippen LogP contribution in [0.5, 0.6) is 0 Å². The number of carbonyl (C=O) groups is 1. The molecule has 0 spiro atoms. The van der Waals surface area contributed by atoms with E-state index in [0.29, 0.717) is 5.56 Å². The second-order valence-corrected chi connectivity index (χ2v) is 3.17. The van der Waals surface area contributed by atoms with Crippen LogP contribution >= 0.6 is 12.4 Å². The molecule has 0 aromatic heterocycles. The number of carboxylic acids is 1. The van der Waals surface area contributed by atoms with Crippen molar-refractivity contribution in [2.24, 2.45) is 5.73 Å². The molecule has 1 aromatic rings. The molecule has 0 saturated carbocycles. The van der Waals surface area contributed by atoms with Crippen LogP contribution in [0.3, 0.4) is 0 Å². The first-order valence-corrected chi connectivity index (χ1v) is 4.12. The molecule has 0 aliphatic heterocycles. The van der Waals surface area contributed by atoms with Gasteiger partial charge in [0.1, 0.15) is 0 Å². The van der Waals surface area contributed by atoms with Crippen LogP contribution in [0.1, 0.15) is 34.5 Å². The van der Waals surface area contributed by atoms with Gasteiger partial charge in [-0.1, -0.05) is 6.07 Å². The third-order valence-electron chi connectivity index (χ3n) is 2.01. The zero-order chi connectivity index (χ0) is 10.0. The lowest BCUT2D eigenvalue weighted by molar-refractivity contribution is 0.0696. The molecule has 78 valence electrons. The number of aryl methyl sites for hydroxylation is 1. The van der Waals surface area contributed by atoms with Crippen LogP contribution in [0.4, 0.5) is 0 Å². The SMILES string of the molecule is Cc1cc(C(=O)O)ccc1[C@H](C)N.Cl. The smallest absolute Gasteiger partial charge is 0.335 e. The third-order valence-corrected chi connectivity index (χ3v) is 2.01. The Labute approximate surface area is 89.3 Å². The molecule has 1 rings (SSSR count). The van der Waals surface area contributed by atoms with Gasteiger partial charge >= 0.3 is 5.97 Å². The zero-order valence-corrected chi connectivity index (χ0v) is 8.97. The number of aromatic carboxylic acids is 1. The van der Waals surface area contributed by atoms with E-state index in [-0.39, 0.29) is 18.4 Å². The summed E-state index contributed by atoms with van der Waals surface area (Å²) in [6.45, 7) is 3.74. The van der Waals surface area contributed by atoms with Crippen molar-refractivity contribution in [3.8, 4) is 0 Å². The Balaban J connectivity index is 0.00000169. The first-order valence-electron chi connectivity index (χ1n) is 4.12. The van der Waals surface area contributed by atoms with Crippen LogP contribution in [0.15, 0.2) is 18.2 Å². The fraction of sp³-hybridized carbons (Fsp3) is 0.300. The van der Waals surface area contributed by atoms with E-state index in [4.69, 9.17) is 10.8 Å². The lowest BCUT2D eigenvalue weighted by Crippen LogP contribution is -2.08. The molecule has 0 saturated heterocycles. The maximum atomic E-state index is 10.6. The number of benzene rings is 1. The minimum Gasteiger partial charge on any atom is -0.478 e. The minimum atomic E-state index is -0.903. The van der Waals surface area contributed by atoms with E-state index in [2.05, 4.69) is 0 Å². The predicted molar refractivity (Wildman–Crippen MR) is 58.0 cm³/mol. The molecule has 0 aliphatic carbocycles. The summed E-state index contributed by atoms with van der Waals surface area (Å²) in [7, 11) is 0. The second-order valence-electron chi connectivity index (χ2n) is 3.17. The summed E-state index contributed by atoms with van der Waals surface area (Å²) in [6, 6.07) is 4.93. The van der Waals surface area contributed by atoms with Crippen LogP contribution in [0, 0.1) is 6.92 Å². The lowest BCUT2D eigenvalue weighted by atomic mass is 10.0. The molecule has 4 heteroatoms. The van der Waals surface area contributed by atoms with E-state index in [0.717, 1.165) is 11.1 Å². The standard InChI is InChI=1S/C10H13NO2.ClH/c1-6-5-8(10(12)13)3-4-9(6)7(2)11;/h3-5,7H,11H2,1-2H3,(H,12,13);1H/t7-;/m0./s1. The van der Waals surface area contributed by atoms with Gasteiger partial charge in [-0.3, -0.25) is 0 Å². The van der Waals surface area contributed by atoms with Gasteiger partial charge in [0.15, 0.2) is 0 Å². The second kappa shape index (κ2) is 4.98. The van der Waals surface area contributed by atoms with Crippen molar-refractivity contribution in [2.75, 3.05) is 0 Å². The summed E-state index contributed by atoms with van der Waals surface area (Å²) in [5.41, 5.74) is 7.92. The van der Waals surface area contributed by atoms with E-state index >= 15 is 0 Å². The fourth-order valence-electron chi connectivity index (χ4n) is 1.32. The van der Waals surface area contributed by atoms with Gasteiger partial charge in [0.05, 0.1) is 5.56 Å². The molecule has 0 amide bonds. The Kier molecular flexibility index (Phi) is 4.60. The first-order chi connectivity index (χ1) is 6.02. The van der Waals surface area contributed by atoms with E-state index in [1.807, 2.05) is 13.8 Å². The Morgan fingerprint density at radius 3 is 2.43 bits per heavy atom. The number of hydrogen-bond donors (Lipinski definition) is 2. The van der Waals surface area contributed by atoms with Crippen molar-refractivity contribution < 1.29 is 9.90 Å². The van der Waals surface area contributed by atoms with Crippen LogP contribution in [-0.2, 0) is 0 Å². The molecule has 0 unspecified atom stereocenters. The summed E-state index contributed by atoms with van der Waals surface area (Å²) in [4.78, 5) is 10.6. The summed E-state index contributed by atoms with van der Waals surface area (Å²) in [5, 5.41) is 8.71. The van der Waals surface area contributed by atoms with Gasteiger partial charge in [0.25, 0.3) is 0 Å². The van der Waals surface area contributed by atoms with Gasteiger partial charge in [-0.05, 0) is 37.1 Å². The molecule has 3 N–H and O–H groups in total. The van der Waals surface area contributed by atoms with Gasteiger partial charge in [-0.25, -0.2) is 4.79 Å². The highest BCUT2D eigenvalue weighted by Crippen LogP contribution is 2.16. The summed E-state index contributed by atoms with van der Waals surface area (Å²) >= 11 is 0. The molecule has 0 radical (unpaired) electrons. The van der Waals surface area contributed by atoms with Crippen molar-refractivity contribution in [2.45, 2.75) is 19.9 Å². The highest BCUT2D eigenvalue weighted by atomic mass is 35.5. The fourth-order valence-corrected chi connectivity index (χ4v) is 1.32. The molecule has 0 heterocycles. The summed E-state index contributed by atoms with van der Waals surface area (Å²) in [6.07, 6.45) is 0. The van der Waals surface area contributed by atoms with Crippen LogP contribution in [-0.4, -0.2) is 11.1 Å². The molecular formula is C10H14ClNO2. The molecule has 1 aromatic carbocycles. The maximum Gasteiger partial charge on any atom is 0.335 e. The van der Waals surface area contributed by atoms with Crippen LogP contribution in [0.25, 0.3) is 0 Å². The van der Waals surface area contributed by atoms with Gasteiger partial charge in [0, 0.05) is 6.04 Å². The quantitative estimate of drug-likeness (QED) is 0.795. The minimum absolute atomic E-state index is 0. The van der Waals surface area contributed by atoms with Crippen molar-refractivity contribution in [3.05, 3.63) is 34.9 Å². The summed E-state index contributed by atoms with van der Waals surface area (Å²) in [5.74, 6) is -0.903. The molecule has 14 heavy (non-hydrogen) atoms. The first kappa shape index (κ1) is 12.9. The molecule has 1 atom stereocenters. The Bertz CT molecular complexity index is 337. The average molecular weight is 216 g/mol. The summed E-state index contributed by atoms with van der Waals surface area (Å²) < 4.78 is 0. The Hall–Kier alpha value is -1.06. The predicted octanol–water partition coefficient (Wildman–Crippen LogP) is 2.13. The molecule has 0 aliphatic rings. The van der Waals surface area contributed by atoms with Crippen molar-refractivity contribution in [3.63, 3.8) is 0 Å². The number of hydrogen-bond acceptors (Lipinski definition) is 2. The number of carboxylic acid groups (broad SMARTS) is 1. The third kappa shape index (κ3) is 2.72. The molecular weight excluding hydrogens is 202 g/mol. The van der Waals surface area contributed by atoms with Crippen molar-refractivity contribution in [1.82, 2.24) is 0 Å². The monoisotopic (exact) mass is 215 g/mol. The molecule has 3 nitrogen and oxygen atoms in total. The number of rotatable bonds is 2. The average Bonchev–Trinajstić information content (AvgIpc) is 2.03. The van der Waals surface area contributed by atoms with E-state index < -0.39 is 5.97 Å². The van der Waals surface area contributed by atoms with Crippen LogP contribution in [0.2, 0.25) is 0 Å². The lowest BCUT2D eigenvalue weighted by Gasteiger charge is -2.09. The normalized spacial score (nSPS) is 11.6. The van der Waals surface area contributed by atoms with Gasteiger partial charge < -0.3 is 10.8 Å². The highest BCUT2D eigenvalue weighted by Gasteiger charge is 2.07. The van der Waals surface area contributed by atoms with E-state index in [9.17, 15) is 4.79 Å². The van der Waals surface area contributed by atoms with Crippen LogP contribution < -0.4 is 5.73 Å². The van der Waals surface area contributed by atoms with Crippen molar-refractivity contribution in [1.29, 1.82) is 0 Å². The Morgan fingerprint density at radius 1 is 1.50 bits per heavy atom. The number of nitrogens with two attached hydrogens (primary N) is 1. The Morgan fingerprint density at radius 2 is 2.07 bits per heavy atom. The largest absolute Gasteiger partial charge is 0.478 e. The highest BCUT2D eigenvalue weighted by molar-refractivity contribution is 5.87. The molecule has 0 bridgehead atoms. The number of halogens is 1. The van der Waals surface area contributed by atoms with E-state index in [1.54, 1.807) is 18.2 Å². The zero-order valence-electron chi connectivity index (χ0n) is 8.15. The van der Waals surface area contributed by atoms with Gasteiger partial charge in [-0.2, -0.15) is 0 Å². The maximum absolute atomic E-state index is 10.6. The van der Waals surface area contributed by atoms with Gasteiger partial charge in [0.2, 0.25) is 0 Å².